The van der Waals surface area contributed by atoms with Crippen LogP contribution in [0.4, 0.5) is 0 Å². The van der Waals surface area contributed by atoms with Crippen LogP contribution in [0.15, 0.2) is 42.5 Å². The Morgan fingerprint density at radius 1 is 1.04 bits per heavy atom. The minimum atomic E-state index is -2.29. The minimum absolute atomic E-state index is 0.172. The first-order chi connectivity index (χ1) is 12.8. The molecule has 1 aliphatic heterocycles. The van der Waals surface area contributed by atoms with Gasteiger partial charge in [0.2, 0.25) is 5.79 Å². The summed E-state index contributed by atoms with van der Waals surface area (Å²) >= 11 is 6.29. The predicted octanol–water partition coefficient (Wildman–Crippen LogP) is 0.858. The van der Waals surface area contributed by atoms with Gasteiger partial charge in [0, 0.05) is 10.6 Å². The smallest absolute Gasteiger partial charge is 0.222 e. The molecule has 0 bridgehead atoms. The molecule has 0 amide bonds. The number of aryl methyl sites for hydroxylation is 1. The van der Waals surface area contributed by atoms with Crippen LogP contribution in [-0.2, 0) is 16.9 Å². The first kappa shape index (κ1) is 20.2. The fourth-order valence-electron chi connectivity index (χ4n) is 3.25. The zero-order chi connectivity index (χ0) is 19.8. The molecule has 6 nitrogen and oxygen atoms in total. The van der Waals surface area contributed by atoms with Crippen LogP contribution >= 0.6 is 11.6 Å². The Morgan fingerprint density at radius 3 is 2.33 bits per heavy atom. The number of halogens is 1. The molecule has 0 unspecified atom stereocenters. The van der Waals surface area contributed by atoms with Crippen molar-refractivity contribution in [2.75, 3.05) is 6.61 Å². The van der Waals surface area contributed by atoms with Gasteiger partial charge in [-0.15, -0.1) is 0 Å². The average molecular weight is 395 g/mol. The lowest BCUT2D eigenvalue weighted by Gasteiger charge is -2.45. The molecule has 3 rings (SSSR count). The van der Waals surface area contributed by atoms with Gasteiger partial charge in [-0.2, -0.15) is 0 Å². The molecule has 0 saturated carbocycles. The second-order valence-electron chi connectivity index (χ2n) is 6.93. The van der Waals surface area contributed by atoms with E-state index in [1.165, 1.54) is 6.07 Å². The molecule has 5 N–H and O–H groups in total. The van der Waals surface area contributed by atoms with Gasteiger partial charge >= 0.3 is 0 Å². The Bertz CT molecular complexity index is 794. The van der Waals surface area contributed by atoms with Crippen molar-refractivity contribution in [2.24, 2.45) is 0 Å². The van der Waals surface area contributed by atoms with Crippen molar-refractivity contribution < 1.29 is 30.3 Å². The number of benzene rings is 2. The number of aliphatic hydroxyl groups is 5. The largest absolute Gasteiger partial charge is 0.394 e. The van der Waals surface area contributed by atoms with Crippen LogP contribution in [0.2, 0.25) is 5.02 Å². The van der Waals surface area contributed by atoms with Crippen LogP contribution in [0.5, 0.6) is 0 Å². The summed E-state index contributed by atoms with van der Waals surface area (Å²) in [5.41, 5.74) is 3.02. The lowest BCUT2D eigenvalue weighted by molar-refractivity contribution is -0.357. The molecule has 0 aromatic heterocycles. The highest BCUT2D eigenvalue weighted by Gasteiger charge is 2.53. The van der Waals surface area contributed by atoms with Gasteiger partial charge in [-0.3, -0.25) is 0 Å². The Morgan fingerprint density at radius 2 is 1.70 bits per heavy atom. The van der Waals surface area contributed by atoms with Gasteiger partial charge in [-0.05, 0) is 36.6 Å². The molecule has 0 aliphatic carbocycles. The first-order valence-electron chi connectivity index (χ1n) is 8.66. The molecule has 146 valence electrons. The summed E-state index contributed by atoms with van der Waals surface area (Å²) in [6, 6.07) is 12.5. The van der Waals surface area contributed by atoms with Gasteiger partial charge < -0.3 is 30.3 Å². The third-order valence-electron chi connectivity index (χ3n) is 4.94. The number of ether oxygens (including phenoxy) is 1. The van der Waals surface area contributed by atoms with Crippen molar-refractivity contribution in [1.29, 1.82) is 0 Å². The van der Waals surface area contributed by atoms with E-state index in [1.807, 2.05) is 31.2 Å². The zero-order valence-electron chi connectivity index (χ0n) is 14.8. The standard InChI is InChI=1S/C20H23ClO6/c1-11-2-4-12(5-3-11)8-13-9-14(6-7-15(13)21)20(26)19(25)18(24)17(23)16(10-22)27-20/h2-7,9,16-19,22-26H,8,10H2,1H3/t16-,17-,18+,19-,20+/m1/s1. The van der Waals surface area contributed by atoms with Crippen LogP contribution < -0.4 is 0 Å². The highest BCUT2D eigenvalue weighted by atomic mass is 35.5. The molecule has 1 fully saturated rings. The Kier molecular flexibility index (Phi) is 5.88. The van der Waals surface area contributed by atoms with Crippen LogP contribution in [0, 0.1) is 6.92 Å². The number of hydrogen-bond donors (Lipinski definition) is 5. The second kappa shape index (κ2) is 7.85. The Labute approximate surface area is 162 Å². The van der Waals surface area contributed by atoms with Gasteiger partial charge in [-0.1, -0.05) is 47.5 Å². The average Bonchev–Trinajstić information content (AvgIpc) is 2.66. The summed E-state index contributed by atoms with van der Waals surface area (Å²) in [6.45, 7) is 1.36. The van der Waals surface area contributed by atoms with Gasteiger partial charge in [0.05, 0.1) is 6.61 Å². The third-order valence-corrected chi connectivity index (χ3v) is 5.31. The summed E-state index contributed by atoms with van der Waals surface area (Å²) in [4.78, 5) is 0. The topological polar surface area (TPSA) is 110 Å². The molecule has 1 saturated heterocycles. The van der Waals surface area contributed by atoms with Crippen LogP contribution in [0.25, 0.3) is 0 Å². The van der Waals surface area contributed by atoms with Gasteiger partial charge in [-0.25, -0.2) is 0 Å². The first-order valence-corrected chi connectivity index (χ1v) is 9.03. The van der Waals surface area contributed by atoms with E-state index in [4.69, 9.17) is 16.3 Å². The highest BCUT2D eigenvalue weighted by molar-refractivity contribution is 6.31. The minimum Gasteiger partial charge on any atom is -0.394 e. The third kappa shape index (κ3) is 3.88. The second-order valence-corrected chi connectivity index (χ2v) is 7.34. The summed E-state index contributed by atoms with van der Waals surface area (Å²) in [5, 5.41) is 51.0. The number of aliphatic hydroxyl groups excluding tert-OH is 4. The summed E-state index contributed by atoms with van der Waals surface area (Å²) in [7, 11) is 0. The molecule has 1 aliphatic rings. The van der Waals surface area contributed by atoms with E-state index in [9.17, 15) is 25.5 Å². The van der Waals surface area contributed by atoms with Crippen LogP contribution in [-0.4, -0.2) is 56.6 Å². The normalized spacial score (nSPS) is 31.1. The van der Waals surface area contributed by atoms with Crippen molar-refractivity contribution in [2.45, 2.75) is 43.5 Å². The van der Waals surface area contributed by atoms with Gasteiger partial charge in [0.1, 0.15) is 24.4 Å². The summed E-state index contributed by atoms with van der Waals surface area (Å²) < 4.78 is 5.37. The highest BCUT2D eigenvalue weighted by Crippen LogP contribution is 2.37. The number of rotatable bonds is 4. The molecule has 27 heavy (non-hydrogen) atoms. The predicted molar refractivity (Wildman–Crippen MR) is 99.3 cm³/mol. The lowest BCUT2D eigenvalue weighted by Crippen LogP contribution is -2.63. The summed E-state index contributed by atoms with van der Waals surface area (Å²) in [5.74, 6) is -2.29. The van der Waals surface area contributed by atoms with Crippen LogP contribution in [0.1, 0.15) is 22.3 Å². The number of hydrogen-bond acceptors (Lipinski definition) is 6. The lowest BCUT2D eigenvalue weighted by atomic mass is 9.87. The molecule has 7 heteroatoms. The van der Waals surface area contributed by atoms with Crippen molar-refractivity contribution in [3.05, 3.63) is 69.7 Å². The molecule has 0 spiro atoms. The molecule has 1 heterocycles. The molecule has 5 atom stereocenters. The summed E-state index contributed by atoms with van der Waals surface area (Å²) in [6.07, 6.45) is -5.76. The van der Waals surface area contributed by atoms with Gasteiger partial charge in [0.15, 0.2) is 0 Å². The van der Waals surface area contributed by atoms with E-state index in [-0.39, 0.29) is 5.56 Å². The van der Waals surface area contributed by atoms with E-state index >= 15 is 0 Å². The fraction of sp³-hybridized carbons (Fsp3) is 0.400. The Hall–Kier alpha value is -1.51. The monoisotopic (exact) mass is 394 g/mol. The van der Waals surface area contributed by atoms with E-state index in [1.54, 1.807) is 12.1 Å². The van der Waals surface area contributed by atoms with Crippen molar-refractivity contribution >= 4 is 11.6 Å². The maximum atomic E-state index is 10.9. The molecule has 2 aromatic carbocycles. The maximum Gasteiger partial charge on any atom is 0.222 e. The van der Waals surface area contributed by atoms with Crippen molar-refractivity contribution in [3.63, 3.8) is 0 Å². The van der Waals surface area contributed by atoms with E-state index in [0.29, 0.717) is 17.0 Å². The maximum absolute atomic E-state index is 10.9. The van der Waals surface area contributed by atoms with Crippen molar-refractivity contribution in [1.82, 2.24) is 0 Å². The van der Waals surface area contributed by atoms with Crippen LogP contribution in [0.3, 0.4) is 0 Å². The SMILES string of the molecule is Cc1ccc(Cc2cc([C@]3(O)O[C@H](CO)[C@@H](O)[C@H](O)[C@H]3O)ccc2Cl)cc1. The molecule has 2 aromatic rings. The van der Waals surface area contributed by atoms with Crippen molar-refractivity contribution in [3.8, 4) is 0 Å². The van der Waals surface area contributed by atoms with Gasteiger partial charge in [0.25, 0.3) is 0 Å². The van der Waals surface area contributed by atoms with E-state index in [0.717, 1.165) is 11.1 Å². The van der Waals surface area contributed by atoms with E-state index in [2.05, 4.69) is 0 Å². The molecular weight excluding hydrogens is 372 g/mol. The Balaban J connectivity index is 1.95. The molecular formula is C20H23ClO6. The quantitative estimate of drug-likeness (QED) is 0.526. The van der Waals surface area contributed by atoms with E-state index < -0.39 is 36.8 Å². The molecule has 0 radical (unpaired) electrons. The fourth-order valence-corrected chi connectivity index (χ4v) is 3.44. The zero-order valence-corrected chi connectivity index (χ0v) is 15.5.